The molecule has 0 spiro atoms. The van der Waals surface area contributed by atoms with E-state index in [0.29, 0.717) is 6.54 Å². The van der Waals surface area contributed by atoms with Gasteiger partial charge in [-0.3, -0.25) is 0 Å². The number of rotatable bonds is 5. The van der Waals surface area contributed by atoms with E-state index in [-0.39, 0.29) is 26.8 Å². The second-order valence-corrected chi connectivity index (χ2v) is 5.26. The molecule has 2 aromatic rings. The molecule has 0 radical (unpaired) electrons. The zero-order valence-electron chi connectivity index (χ0n) is 10.2. The first kappa shape index (κ1) is 13.2. The average Bonchev–Trinajstić information content (AvgIpc) is 2.85. The number of carbonyl (C=O) groups is 1. The molecule has 0 saturated heterocycles. The van der Waals surface area contributed by atoms with Crippen LogP contribution in [0.3, 0.4) is 0 Å². The molecule has 1 atom stereocenters. The molecule has 5 nitrogen and oxygen atoms in total. The van der Waals surface area contributed by atoms with Crippen LogP contribution < -0.4 is 11.1 Å². The molecule has 0 bridgehead atoms. The van der Waals surface area contributed by atoms with Gasteiger partial charge in [0, 0.05) is 0 Å². The fourth-order valence-corrected chi connectivity index (χ4v) is 3.00. The van der Waals surface area contributed by atoms with Gasteiger partial charge in [0.2, 0.25) is 0 Å². The van der Waals surface area contributed by atoms with Gasteiger partial charge in [-0.1, -0.05) is 0 Å². The third-order valence-corrected chi connectivity index (χ3v) is 3.97. The summed E-state index contributed by atoms with van der Waals surface area (Å²) >= 11 is -0.0835. The molecule has 1 amide bonds. The number of carbonyl (C=O) groups excluding carboxylic acids is 1. The Labute approximate surface area is 112 Å². The molecule has 1 aromatic carbocycles. The molecule has 18 heavy (non-hydrogen) atoms. The van der Waals surface area contributed by atoms with Crippen LogP contribution in [0.4, 0.5) is 5.69 Å². The average molecular weight is 311 g/mol. The Morgan fingerprint density at radius 1 is 1.50 bits per heavy atom. The summed E-state index contributed by atoms with van der Waals surface area (Å²) in [5.74, 6) is -0.156. The van der Waals surface area contributed by atoms with E-state index in [9.17, 15) is 4.79 Å². The number of aromatic nitrogens is 2. The fourth-order valence-electron chi connectivity index (χ4n) is 1.85. The Kier molecular flexibility index (Phi) is 4.47. The maximum absolute atomic E-state index is 12.1. The van der Waals surface area contributed by atoms with Crippen molar-refractivity contribution >= 4 is 37.6 Å². The van der Waals surface area contributed by atoms with Gasteiger partial charge in [-0.25, -0.2) is 0 Å². The Hall–Kier alpha value is -1.23. The van der Waals surface area contributed by atoms with Gasteiger partial charge in [0.05, 0.1) is 0 Å². The molecule has 0 saturated carbocycles. The molecule has 96 valence electrons. The number of nitrogens with one attached hydrogen (secondary N) is 1. The van der Waals surface area contributed by atoms with Gasteiger partial charge in [-0.15, -0.1) is 0 Å². The number of anilines is 1. The molecular weight excluding hydrogens is 295 g/mol. The predicted molar refractivity (Wildman–Crippen MR) is 72.6 cm³/mol. The van der Waals surface area contributed by atoms with Crippen molar-refractivity contribution in [3.05, 3.63) is 18.2 Å². The molecule has 0 fully saturated rings. The first-order chi connectivity index (χ1) is 8.76. The summed E-state index contributed by atoms with van der Waals surface area (Å²) < 4.78 is 8.62. The van der Waals surface area contributed by atoms with Crippen molar-refractivity contribution < 1.29 is 4.79 Å². The summed E-state index contributed by atoms with van der Waals surface area (Å²) in [6.07, 6.45) is 1.76. The molecule has 1 heterocycles. The second kappa shape index (κ2) is 6.09. The van der Waals surface area contributed by atoms with Gasteiger partial charge in [-0.2, -0.15) is 0 Å². The number of hydrogen-bond acceptors (Lipinski definition) is 4. The zero-order chi connectivity index (χ0) is 13.0. The fraction of sp³-hybridized carbons (Fsp3) is 0.417. The monoisotopic (exact) mass is 312 g/mol. The molecule has 0 aliphatic heterocycles. The van der Waals surface area contributed by atoms with Gasteiger partial charge >= 0.3 is 112 Å². The van der Waals surface area contributed by atoms with Crippen molar-refractivity contribution in [2.75, 3.05) is 11.9 Å². The quantitative estimate of drug-likeness (QED) is 0.807. The summed E-state index contributed by atoms with van der Waals surface area (Å²) in [5, 5.41) is 2.92. The predicted octanol–water partition coefficient (Wildman–Crippen LogP) is 1.00. The Bertz CT molecular complexity index is 540. The second-order valence-electron chi connectivity index (χ2n) is 4.15. The number of fused-ring (bicyclic) bond motifs is 1. The number of nitrogens with two attached hydrogens (primary N) is 1. The topological polar surface area (TPSA) is 80.9 Å². The third-order valence-electron chi connectivity index (χ3n) is 2.84. The number of benzene rings is 1. The number of amides is 1. The van der Waals surface area contributed by atoms with Crippen molar-refractivity contribution in [1.29, 1.82) is 0 Å². The maximum atomic E-state index is 12.1. The molecule has 0 aliphatic rings. The minimum atomic E-state index is -0.130. The van der Waals surface area contributed by atoms with E-state index in [1.807, 2.05) is 25.1 Å². The molecule has 2 rings (SSSR count). The molecule has 1 aromatic heterocycles. The van der Waals surface area contributed by atoms with E-state index in [1.54, 1.807) is 0 Å². The standard InChI is InChI=1S/C12H16N4OSe/c1-2-4-8(7-13)12(17)14-9-5-3-6-10-11(9)16-18-15-10/h3,5-6,8H,2,4,7,13H2,1H3,(H,14,17). The molecule has 1 unspecified atom stereocenters. The van der Waals surface area contributed by atoms with Crippen LogP contribution in [-0.4, -0.2) is 35.4 Å². The minimum absolute atomic E-state index is 0.0256. The number of nitrogens with zero attached hydrogens (tertiary/aromatic N) is 2. The van der Waals surface area contributed by atoms with Gasteiger partial charge in [0.25, 0.3) is 0 Å². The molecule has 6 heteroatoms. The summed E-state index contributed by atoms with van der Waals surface area (Å²) in [6, 6.07) is 5.65. The first-order valence-electron chi connectivity index (χ1n) is 5.98. The van der Waals surface area contributed by atoms with Gasteiger partial charge in [0.15, 0.2) is 0 Å². The SMILES string of the molecule is CCCC(CN)C(=O)Nc1cccc2n[se]nc12. The van der Waals surface area contributed by atoms with E-state index in [4.69, 9.17) is 5.73 Å². The van der Waals surface area contributed by atoms with Crippen LogP contribution in [0.2, 0.25) is 0 Å². The Balaban J connectivity index is 2.18. The number of hydrogen-bond donors (Lipinski definition) is 2. The zero-order valence-corrected chi connectivity index (χ0v) is 11.9. The summed E-state index contributed by atoms with van der Waals surface area (Å²) in [7, 11) is 0. The van der Waals surface area contributed by atoms with Crippen LogP contribution in [0.15, 0.2) is 18.2 Å². The summed E-state index contributed by atoms with van der Waals surface area (Å²) in [5.41, 5.74) is 8.04. The van der Waals surface area contributed by atoms with Gasteiger partial charge in [0.1, 0.15) is 0 Å². The van der Waals surface area contributed by atoms with Crippen molar-refractivity contribution in [1.82, 2.24) is 7.96 Å². The van der Waals surface area contributed by atoms with Crippen LogP contribution in [0, 0.1) is 5.92 Å². The van der Waals surface area contributed by atoms with Crippen molar-refractivity contribution in [3.8, 4) is 0 Å². The Morgan fingerprint density at radius 2 is 2.33 bits per heavy atom. The Morgan fingerprint density at radius 3 is 3.06 bits per heavy atom. The van der Waals surface area contributed by atoms with Crippen LogP contribution in [-0.2, 0) is 4.79 Å². The van der Waals surface area contributed by atoms with Crippen LogP contribution in [0.25, 0.3) is 11.0 Å². The first-order valence-corrected chi connectivity index (χ1v) is 7.51. The van der Waals surface area contributed by atoms with Gasteiger partial charge in [-0.05, 0) is 0 Å². The van der Waals surface area contributed by atoms with Crippen molar-refractivity contribution in [2.45, 2.75) is 19.8 Å². The normalized spacial score (nSPS) is 12.6. The molecule has 3 N–H and O–H groups in total. The van der Waals surface area contributed by atoms with E-state index in [2.05, 4.69) is 13.3 Å². The van der Waals surface area contributed by atoms with E-state index in [1.165, 1.54) is 0 Å². The van der Waals surface area contributed by atoms with E-state index >= 15 is 0 Å². The van der Waals surface area contributed by atoms with Crippen molar-refractivity contribution in [2.24, 2.45) is 11.7 Å². The third kappa shape index (κ3) is 2.77. The molecule has 0 aliphatic carbocycles. The van der Waals surface area contributed by atoms with E-state index < -0.39 is 0 Å². The summed E-state index contributed by atoms with van der Waals surface area (Å²) in [6.45, 7) is 2.42. The van der Waals surface area contributed by atoms with Crippen LogP contribution >= 0.6 is 0 Å². The molecular formula is C12H16N4OSe. The van der Waals surface area contributed by atoms with Gasteiger partial charge < -0.3 is 0 Å². The van der Waals surface area contributed by atoms with Crippen molar-refractivity contribution in [3.63, 3.8) is 0 Å². The van der Waals surface area contributed by atoms with Crippen LogP contribution in [0.5, 0.6) is 0 Å². The van der Waals surface area contributed by atoms with Crippen LogP contribution in [0.1, 0.15) is 19.8 Å². The van der Waals surface area contributed by atoms with E-state index in [0.717, 1.165) is 29.6 Å². The summed E-state index contributed by atoms with van der Waals surface area (Å²) in [4.78, 5) is 12.1.